The maximum atomic E-state index is 12.0. The maximum absolute atomic E-state index is 12.0. The Morgan fingerprint density at radius 3 is 2.94 bits per heavy atom. The maximum Gasteiger partial charge on any atom is 0.224 e. The average molecular weight is 297 g/mol. The predicted octanol–water partition coefficient (Wildman–Crippen LogP) is 2.24. The molecule has 1 saturated heterocycles. The van der Waals surface area contributed by atoms with Gasteiger partial charge in [-0.3, -0.25) is 4.79 Å². The van der Waals surface area contributed by atoms with Crippen molar-refractivity contribution in [2.75, 3.05) is 13.1 Å². The highest BCUT2D eigenvalue weighted by Crippen LogP contribution is 2.23. The molecule has 1 aliphatic heterocycles. The first-order chi connectivity index (χ1) is 8.18. The molecule has 0 saturated carbocycles. The van der Waals surface area contributed by atoms with E-state index in [1.807, 2.05) is 31.2 Å². The van der Waals surface area contributed by atoms with E-state index < -0.39 is 0 Å². The normalized spacial score (nSPS) is 21.2. The Balaban J connectivity index is 1.99. The van der Waals surface area contributed by atoms with Crippen LogP contribution in [-0.2, 0) is 4.79 Å². The zero-order chi connectivity index (χ0) is 12.3. The van der Waals surface area contributed by atoms with Crippen LogP contribution in [0.1, 0.15) is 24.9 Å². The molecule has 1 fully saturated rings. The van der Waals surface area contributed by atoms with Gasteiger partial charge in [-0.1, -0.05) is 34.1 Å². The number of halogens is 1. The van der Waals surface area contributed by atoms with Gasteiger partial charge in [0.2, 0.25) is 5.91 Å². The van der Waals surface area contributed by atoms with Crippen molar-refractivity contribution in [1.29, 1.82) is 0 Å². The number of nitrogens with one attached hydrogen (secondary N) is 2. The Hall–Kier alpha value is -0.870. The number of amides is 1. The van der Waals surface area contributed by atoms with Gasteiger partial charge in [0.25, 0.3) is 0 Å². The molecular formula is C13H17BrN2O. The molecule has 2 N–H and O–H groups in total. The molecule has 0 aliphatic carbocycles. The molecule has 1 heterocycles. The summed E-state index contributed by atoms with van der Waals surface area (Å²) < 4.78 is 1.04. The third kappa shape index (κ3) is 3.07. The van der Waals surface area contributed by atoms with Crippen LogP contribution in [0.2, 0.25) is 0 Å². The summed E-state index contributed by atoms with van der Waals surface area (Å²) in [6, 6.07) is 8.03. The Morgan fingerprint density at radius 2 is 2.29 bits per heavy atom. The monoisotopic (exact) mass is 296 g/mol. The molecule has 2 unspecified atom stereocenters. The molecule has 0 aromatic heterocycles. The van der Waals surface area contributed by atoms with Crippen LogP contribution in [0.5, 0.6) is 0 Å². The quantitative estimate of drug-likeness (QED) is 0.898. The molecule has 92 valence electrons. The molecule has 1 aromatic carbocycles. The molecule has 4 heteroatoms. The lowest BCUT2D eigenvalue weighted by Crippen LogP contribution is -2.33. The van der Waals surface area contributed by atoms with Crippen LogP contribution in [-0.4, -0.2) is 19.0 Å². The molecule has 0 bridgehead atoms. The number of hydrogen-bond donors (Lipinski definition) is 2. The van der Waals surface area contributed by atoms with E-state index in [1.54, 1.807) is 0 Å². The van der Waals surface area contributed by atoms with Gasteiger partial charge in [0, 0.05) is 11.0 Å². The smallest absolute Gasteiger partial charge is 0.224 e. The SMILES string of the molecule is CC(NC(=O)C1CCNC1)c1ccccc1Br. The summed E-state index contributed by atoms with van der Waals surface area (Å²) in [4.78, 5) is 12.0. The second-order valence-electron chi connectivity index (χ2n) is 4.44. The van der Waals surface area contributed by atoms with Gasteiger partial charge >= 0.3 is 0 Å². The second-order valence-corrected chi connectivity index (χ2v) is 5.30. The van der Waals surface area contributed by atoms with Crippen LogP contribution < -0.4 is 10.6 Å². The third-order valence-corrected chi connectivity index (χ3v) is 3.88. The zero-order valence-electron chi connectivity index (χ0n) is 9.87. The molecule has 2 rings (SSSR count). The zero-order valence-corrected chi connectivity index (χ0v) is 11.5. The lowest BCUT2D eigenvalue weighted by molar-refractivity contribution is -0.125. The van der Waals surface area contributed by atoms with E-state index in [4.69, 9.17) is 0 Å². The summed E-state index contributed by atoms with van der Waals surface area (Å²) in [5, 5.41) is 6.28. The van der Waals surface area contributed by atoms with Gasteiger partial charge < -0.3 is 10.6 Å². The predicted molar refractivity (Wildman–Crippen MR) is 71.7 cm³/mol. The van der Waals surface area contributed by atoms with Gasteiger partial charge in [-0.15, -0.1) is 0 Å². The first kappa shape index (κ1) is 12.6. The van der Waals surface area contributed by atoms with Crippen molar-refractivity contribution >= 4 is 21.8 Å². The van der Waals surface area contributed by atoms with E-state index >= 15 is 0 Å². The largest absolute Gasteiger partial charge is 0.349 e. The van der Waals surface area contributed by atoms with Crippen molar-refractivity contribution in [3.05, 3.63) is 34.3 Å². The van der Waals surface area contributed by atoms with Gasteiger partial charge in [-0.25, -0.2) is 0 Å². The first-order valence-corrected chi connectivity index (χ1v) is 6.73. The molecule has 1 aromatic rings. The van der Waals surface area contributed by atoms with E-state index in [1.165, 1.54) is 0 Å². The Kier molecular flexibility index (Phi) is 4.18. The van der Waals surface area contributed by atoms with Crippen molar-refractivity contribution in [2.24, 2.45) is 5.92 Å². The highest BCUT2D eigenvalue weighted by atomic mass is 79.9. The molecule has 1 amide bonds. The van der Waals surface area contributed by atoms with Crippen LogP contribution in [0.3, 0.4) is 0 Å². The lowest BCUT2D eigenvalue weighted by atomic mass is 10.1. The van der Waals surface area contributed by atoms with E-state index in [0.717, 1.165) is 29.5 Å². The van der Waals surface area contributed by atoms with Crippen molar-refractivity contribution in [2.45, 2.75) is 19.4 Å². The molecular weight excluding hydrogens is 280 g/mol. The topological polar surface area (TPSA) is 41.1 Å². The number of rotatable bonds is 3. The second kappa shape index (κ2) is 5.65. The van der Waals surface area contributed by atoms with Crippen LogP contribution in [0, 0.1) is 5.92 Å². The van der Waals surface area contributed by atoms with Gasteiger partial charge in [-0.2, -0.15) is 0 Å². The van der Waals surface area contributed by atoms with Gasteiger partial charge in [0.1, 0.15) is 0 Å². The highest BCUT2D eigenvalue weighted by molar-refractivity contribution is 9.10. The number of carbonyl (C=O) groups is 1. The summed E-state index contributed by atoms with van der Waals surface area (Å²) in [6.45, 7) is 3.76. The lowest BCUT2D eigenvalue weighted by Gasteiger charge is -2.18. The Morgan fingerprint density at radius 1 is 1.53 bits per heavy atom. The van der Waals surface area contributed by atoms with Crippen LogP contribution in [0.15, 0.2) is 28.7 Å². The van der Waals surface area contributed by atoms with E-state index in [9.17, 15) is 4.79 Å². The summed E-state index contributed by atoms with van der Waals surface area (Å²) in [5.41, 5.74) is 1.12. The van der Waals surface area contributed by atoms with Gasteiger partial charge in [-0.05, 0) is 31.5 Å². The number of hydrogen-bond acceptors (Lipinski definition) is 2. The van der Waals surface area contributed by atoms with Crippen LogP contribution in [0.4, 0.5) is 0 Å². The van der Waals surface area contributed by atoms with Gasteiger partial charge in [0.15, 0.2) is 0 Å². The molecule has 3 nitrogen and oxygen atoms in total. The fourth-order valence-corrected chi connectivity index (χ4v) is 2.74. The Bertz CT molecular complexity index is 402. The van der Waals surface area contributed by atoms with Crippen molar-refractivity contribution in [3.8, 4) is 0 Å². The molecule has 0 spiro atoms. The van der Waals surface area contributed by atoms with Crippen LogP contribution in [0.25, 0.3) is 0 Å². The van der Waals surface area contributed by atoms with Crippen molar-refractivity contribution in [1.82, 2.24) is 10.6 Å². The third-order valence-electron chi connectivity index (χ3n) is 3.16. The van der Waals surface area contributed by atoms with Crippen molar-refractivity contribution in [3.63, 3.8) is 0 Å². The Labute approximate surface area is 110 Å². The molecule has 17 heavy (non-hydrogen) atoms. The van der Waals surface area contributed by atoms with Gasteiger partial charge in [0.05, 0.1) is 12.0 Å². The minimum atomic E-state index is 0.0404. The summed E-state index contributed by atoms with van der Waals surface area (Å²) in [5.74, 6) is 0.276. The van der Waals surface area contributed by atoms with E-state index in [0.29, 0.717) is 0 Å². The molecule has 2 atom stereocenters. The summed E-state index contributed by atoms with van der Waals surface area (Å²) in [6.07, 6.45) is 0.939. The number of carbonyl (C=O) groups excluding carboxylic acids is 1. The van der Waals surface area contributed by atoms with E-state index in [2.05, 4.69) is 26.6 Å². The minimum Gasteiger partial charge on any atom is -0.349 e. The van der Waals surface area contributed by atoms with Crippen molar-refractivity contribution < 1.29 is 4.79 Å². The number of benzene rings is 1. The van der Waals surface area contributed by atoms with E-state index in [-0.39, 0.29) is 17.9 Å². The fraction of sp³-hybridized carbons (Fsp3) is 0.462. The summed E-state index contributed by atoms with van der Waals surface area (Å²) >= 11 is 3.51. The fourth-order valence-electron chi connectivity index (χ4n) is 2.11. The minimum absolute atomic E-state index is 0.0404. The standard InChI is InChI=1S/C13H17BrN2O/c1-9(11-4-2-3-5-12(11)14)16-13(17)10-6-7-15-8-10/h2-5,9-10,15H,6-8H2,1H3,(H,16,17). The van der Waals surface area contributed by atoms with Crippen LogP contribution >= 0.6 is 15.9 Å². The molecule has 1 aliphatic rings. The first-order valence-electron chi connectivity index (χ1n) is 5.94. The summed E-state index contributed by atoms with van der Waals surface area (Å²) in [7, 11) is 0. The average Bonchev–Trinajstić information content (AvgIpc) is 2.82. The highest BCUT2D eigenvalue weighted by Gasteiger charge is 2.23. The molecule has 0 radical (unpaired) electrons.